The second kappa shape index (κ2) is 11.4. The lowest BCUT2D eigenvalue weighted by atomic mass is 10.3. The van der Waals surface area contributed by atoms with Crippen molar-refractivity contribution >= 4 is 28.3 Å². The van der Waals surface area contributed by atoms with Crippen LogP contribution in [0.5, 0.6) is 0 Å². The maximum atomic E-state index is 9.39. The summed E-state index contributed by atoms with van der Waals surface area (Å²) < 4.78 is 22.2. The molecule has 0 saturated heterocycles. The van der Waals surface area contributed by atoms with E-state index >= 15 is 0 Å². The molecule has 0 bridgehead atoms. The second-order valence-corrected chi connectivity index (χ2v) is 6.42. The highest BCUT2D eigenvalue weighted by Crippen LogP contribution is 2.30. The fraction of sp³-hybridized carbons (Fsp3) is 0.500. The smallest absolute Gasteiger partial charge is 0.260 e. The average Bonchev–Trinajstić information content (AvgIpc) is 2.28. The molecule has 1 aromatic rings. The quantitative estimate of drug-likeness (QED) is 0.775. The fourth-order valence-electron chi connectivity index (χ4n) is 0.942. The van der Waals surface area contributed by atoms with Crippen LogP contribution in [0.25, 0.3) is 0 Å². The minimum Gasteiger partial charge on any atom is -0.260 e. The molecule has 1 heterocycles. The van der Waals surface area contributed by atoms with Crippen molar-refractivity contribution in [2.24, 2.45) is 5.92 Å². The zero-order chi connectivity index (χ0) is 14.7. The van der Waals surface area contributed by atoms with Crippen LogP contribution in [0.3, 0.4) is 0 Å². The SMILES string of the molecule is CC(C)CSCc1ccccn1.O=[P+](O)O[P+](=O)O. The number of pyridine rings is 1. The highest BCUT2D eigenvalue weighted by molar-refractivity contribution is 7.98. The van der Waals surface area contributed by atoms with E-state index in [2.05, 4.69) is 29.2 Å². The van der Waals surface area contributed by atoms with Gasteiger partial charge in [0.25, 0.3) is 0 Å². The van der Waals surface area contributed by atoms with Crippen LogP contribution < -0.4 is 0 Å². The van der Waals surface area contributed by atoms with Crippen molar-refractivity contribution in [2.75, 3.05) is 5.75 Å². The summed E-state index contributed by atoms with van der Waals surface area (Å²) in [7, 11) is -5.85. The Morgan fingerprint density at radius 3 is 2.32 bits per heavy atom. The minimum absolute atomic E-state index is 0.777. The van der Waals surface area contributed by atoms with E-state index in [1.54, 1.807) is 0 Å². The van der Waals surface area contributed by atoms with Gasteiger partial charge >= 0.3 is 16.5 Å². The summed E-state index contributed by atoms with van der Waals surface area (Å²) in [4.78, 5) is 19.6. The van der Waals surface area contributed by atoms with E-state index in [-0.39, 0.29) is 0 Å². The van der Waals surface area contributed by atoms with Crippen molar-refractivity contribution in [2.45, 2.75) is 19.6 Å². The Hall–Kier alpha value is -0.420. The highest BCUT2D eigenvalue weighted by atomic mass is 32.2. The summed E-state index contributed by atoms with van der Waals surface area (Å²) in [6.45, 7) is 4.48. The maximum absolute atomic E-state index is 9.39. The Kier molecular flexibility index (Phi) is 11.2. The molecule has 0 radical (unpaired) electrons. The van der Waals surface area contributed by atoms with E-state index in [1.807, 2.05) is 30.1 Å². The van der Waals surface area contributed by atoms with Crippen molar-refractivity contribution in [3.05, 3.63) is 30.1 Å². The van der Waals surface area contributed by atoms with E-state index in [0.29, 0.717) is 0 Å². The van der Waals surface area contributed by atoms with Gasteiger partial charge in [-0.05, 0) is 23.8 Å². The number of hydrogen-bond donors (Lipinski definition) is 2. The predicted octanol–water partition coefficient (Wildman–Crippen LogP) is 3.27. The van der Waals surface area contributed by atoms with Gasteiger partial charge in [0.1, 0.15) is 0 Å². The Bertz CT molecular complexity index is 379. The van der Waals surface area contributed by atoms with Gasteiger partial charge in [-0.2, -0.15) is 11.8 Å². The maximum Gasteiger partial charge on any atom is 0.745 e. The minimum atomic E-state index is -2.92. The number of rotatable bonds is 6. The van der Waals surface area contributed by atoms with E-state index in [1.165, 1.54) is 11.4 Å². The summed E-state index contributed by atoms with van der Waals surface area (Å²) in [6.07, 6.45) is 1.85. The molecule has 0 fully saturated rings. The van der Waals surface area contributed by atoms with Gasteiger partial charge in [0.2, 0.25) is 0 Å². The molecule has 0 aliphatic rings. The summed E-state index contributed by atoms with van der Waals surface area (Å²) in [5.74, 6) is 3.04. The molecular formula is C10H17NO5P2S+2. The van der Waals surface area contributed by atoms with Crippen molar-refractivity contribution in [1.29, 1.82) is 0 Å². The molecule has 2 unspecified atom stereocenters. The van der Waals surface area contributed by atoms with Gasteiger partial charge in [0.05, 0.1) is 5.69 Å². The van der Waals surface area contributed by atoms with Gasteiger partial charge in [-0.3, -0.25) is 4.98 Å². The lowest BCUT2D eigenvalue weighted by molar-refractivity contribution is 0.371. The van der Waals surface area contributed by atoms with Crippen LogP contribution in [-0.2, 0) is 19.2 Å². The number of hydrogen-bond acceptors (Lipinski definition) is 5. The lowest BCUT2D eigenvalue weighted by Gasteiger charge is -2.03. The van der Waals surface area contributed by atoms with E-state index in [9.17, 15) is 9.13 Å². The summed E-state index contributed by atoms with van der Waals surface area (Å²) in [6, 6.07) is 6.07. The monoisotopic (exact) mass is 325 g/mol. The first-order valence-corrected chi connectivity index (χ1v) is 8.81. The van der Waals surface area contributed by atoms with Gasteiger partial charge in [0.15, 0.2) is 4.31 Å². The Labute approximate surface area is 118 Å². The highest BCUT2D eigenvalue weighted by Gasteiger charge is 2.31. The average molecular weight is 325 g/mol. The van der Waals surface area contributed by atoms with Gasteiger partial charge in [-0.25, -0.2) is 0 Å². The molecule has 0 aliphatic heterocycles. The lowest BCUT2D eigenvalue weighted by Crippen LogP contribution is -1.92. The normalized spacial score (nSPS) is 11.6. The molecule has 1 aromatic heterocycles. The Morgan fingerprint density at radius 2 is 1.95 bits per heavy atom. The molecule has 0 spiro atoms. The largest absolute Gasteiger partial charge is 0.745 e. The Morgan fingerprint density at radius 1 is 1.32 bits per heavy atom. The van der Waals surface area contributed by atoms with Crippen molar-refractivity contribution in [3.8, 4) is 0 Å². The third-order valence-corrected chi connectivity index (χ3v) is 4.09. The molecule has 9 heteroatoms. The predicted molar refractivity (Wildman–Crippen MR) is 76.0 cm³/mol. The number of aromatic nitrogens is 1. The van der Waals surface area contributed by atoms with Crippen molar-refractivity contribution in [3.63, 3.8) is 0 Å². The summed E-state index contributed by atoms with van der Waals surface area (Å²) in [5, 5.41) is 0. The number of nitrogens with zero attached hydrogens (tertiary/aromatic N) is 1. The molecule has 2 N–H and O–H groups in total. The van der Waals surface area contributed by atoms with E-state index in [4.69, 9.17) is 9.79 Å². The molecular weight excluding hydrogens is 308 g/mol. The van der Waals surface area contributed by atoms with Crippen LogP contribution in [0.4, 0.5) is 0 Å². The molecule has 2 atom stereocenters. The summed E-state index contributed by atoms with van der Waals surface area (Å²) >= 11 is 1.95. The van der Waals surface area contributed by atoms with Gasteiger partial charge < -0.3 is 0 Å². The summed E-state index contributed by atoms with van der Waals surface area (Å²) in [5.41, 5.74) is 1.18. The zero-order valence-corrected chi connectivity index (χ0v) is 13.3. The van der Waals surface area contributed by atoms with Crippen LogP contribution in [0, 0.1) is 5.92 Å². The topological polar surface area (TPSA) is 96.7 Å². The van der Waals surface area contributed by atoms with Crippen LogP contribution in [0.2, 0.25) is 0 Å². The molecule has 19 heavy (non-hydrogen) atoms. The third-order valence-electron chi connectivity index (χ3n) is 1.57. The van der Waals surface area contributed by atoms with Crippen LogP contribution in [-0.4, -0.2) is 20.5 Å². The van der Waals surface area contributed by atoms with Gasteiger partial charge in [-0.15, -0.1) is 9.79 Å². The standard InChI is InChI=1S/C10H15NS.O5P2/c1-9(2)7-12-8-10-5-3-4-6-11-10;1-6(2)5-7(3)4/h3-6,9H,7-8H2,1-2H3;/p+2. The molecule has 1 rings (SSSR count). The first-order chi connectivity index (χ1) is 8.91. The van der Waals surface area contributed by atoms with Crippen molar-refractivity contribution in [1.82, 2.24) is 4.98 Å². The zero-order valence-electron chi connectivity index (χ0n) is 10.7. The fourth-order valence-corrected chi connectivity index (χ4v) is 2.39. The van der Waals surface area contributed by atoms with Crippen LogP contribution in [0.1, 0.15) is 19.5 Å². The second-order valence-electron chi connectivity index (χ2n) is 3.79. The van der Waals surface area contributed by atoms with Crippen LogP contribution in [0.15, 0.2) is 24.4 Å². The molecule has 106 valence electrons. The first-order valence-electron chi connectivity index (χ1n) is 5.39. The molecule has 6 nitrogen and oxygen atoms in total. The third kappa shape index (κ3) is 13.8. The Balaban J connectivity index is 0.000000399. The van der Waals surface area contributed by atoms with E-state index in [0.717, 1.165) is 11.7 Å². The van der Waals surface area contributed by atoms with E-state index < -0.39 is 16.5 Å². The molecule has 0 amide bonds. The molecule has 0 aliphatic carbocycles. The van der Waals surface area contributed by atoms with Crippen molar-refractivity contribution < 1.29 is 23.2 Å². The molecule has 0 aromatic carbocycles. The van der Waals surface area contributed by atoms with Crippen LogP contribution >= 0.6 is 28.3 Å². The van der Waals surface area contributed by atoms with Gasteiger partial charge in [-0.1, -0.05) is 19.9 Å². The van der Waals surface area contributed by atoms with Gasteiger partial charge in [0, 0.05) is 21.1 Å². The molecule has 0 saturated carbocycles. The first kappa shape index (κ1) is 18.6. The number of thioether (sulfide) groups is 1.